The average molecular weight is 332 g/mol. The Morgan fingerprint density at radius 1 is 1.12 bits per heavy atom. The number of aromatic nitrogens is 3. The van der Waals surface area contributed by atoms with Crippen LogP contribution in [-0.4, -0.2) is 14.8 Å². The minimum Gasteiger partial charge on any atom is -0.302 e. The molecule has 2 aromatic carbocycles. The molecule has 0 aliphatic heterocycles. The summed E-state index contributed by atoms with van der Waals surface area (Å²) < 4.78 is 1.84. The Kier molecular flexibility index (Phi) is 4.61. The monoisotopic (exact) mass is 332 g/mol. The highest BCUT2D eigenvalue weighted by Gasteiger charge is 2.28. The van der Waals surface area contributed by atoms with Gasteiger partial charge in [-0.2, -0.15) is 5.10 Å². The van der Waals surface area contributed by atoms with E-state index < -0.39 is 0 Å². The zero-order valence-electron chi connectivity index (χ0n) is 14.6. The summed E-state index contributed by atoms with van der Waals surface area (Å²) in [5.74, 6) is 1.45. The largest absolute Gasteiger partial charge is 0.302 e. The van der Waals surface area contributed by atoms with Crippen molar-refractivity contribution >= 4 is 0 Å². The standard InChI is InChI=1S/C21H24N4/c1-25-20(23-15-24-25)14-22-21(17-9-3-2-4-10-17)19-13-7-11-16-8-5-6-12-18(16)19/h2-6,8-10,12,15,19,21-22H,7,11,13-14H2,1H3/t19-,21-/m0/s1. The fourth-order valence-electron chi connectivity index (χ4n) is 3.97. The number of nitrogens with zero attached hydrogens (tertiary/aromatic N) is 3. The third kappa shape index (κ3) is 3.35. The zero-order chi connectivity index (χ0) is 17.1. The van der Waals surface area contributed by atoms with Gasteiger partial charge in [0.15, 0.2) is 0 Å². The van der Waals surface area contributed by atoms with Crippen molar-refractivity contribution < 1.29 is 0 Å². The van der Waals surface area contributed by atoms with Crippen LogP contribution in [0.15, 0.2) is 60.9 Å². The number of benzene rings is 2. The van der Waals surface area contributed by atoms with Crippen LogP contribution < -0.4 is 5.32 Å². The number of hydrogen-bond donors (Lipinski definition) is 1. The van der Waals surface area contributed by atoms with E-state index >= 15 is 0 Å². The van der Waals surface area contributed by atoms with Gasteiger partial charge in [0.05, 0.1) is 6.54 Å². The summed E-state index contributed by atoms with van der Waals surface area (Å²) in [6.07, 6.45) is 5.26. The quantitative estimate of drug-likeness (QED) is 0.773. The van der Waals surface area contributed by atoms with Crippen LogP contribution in [0.25, 0.3) is 0 Å². The van der Waals surface area contributed by atoms with Crippen LogP contribution in [0.5, 0.6) is 0 Å². The minimum absolute atomic E-state index is 0.277. The van der Waals surface area contributed by atoms with Crippen molar-refractivity contribution in [1.82, 2.24) is 20.1 Å². The summed E-state index contributed by atoms with van der Waals surface area (Å²) in [6.45, 7) is 0.717. The van der Waals surface area contributed by atoms with Gasteiger partial charge in [-0.25, -0.2) is 4.98 Å². The lowest BCUT2D eigenvalue weighted by molar-refractivity contribution is 0.393. The molecule has 0 radical (unpaired) electrons. The maximum absolute atomic E-state index is 4.36. The first kappa shape index (κ1) is 16.0. The molecule has 0 spiro atoms. The predicted octanol–water partition coefficient (Wildman–Crippen LogP) is 3.77. The first-order chi connectivity index (χ1) is 12.3. The smallest absolute Gasteiger partial charge is 0.140 e. The van der Waals surface area contributed by atoms with E-state index in [0.717, 1.165) is 5.82 Å². The topological polar surface area (TPSA) is 42.7 Å². The second kappa shape index (κ2) is 7.19. The summed E-state index contributed by atoms with van der Waals surface area (Å²) >= 11 is 0. The van der Waals surface area contributed by atoms with Crippen LogP contribution in [-0.2, 0) is 20.0 Å². The number of aryl methyl sites for hydroxylation is 2. The van der Waals surface area contributed by atoms with Crippen molar-refractivity contribution in [3.05, 3.63) is 83.4 Å². The van der Waals surface area contributed by atoms with Crippen LogP contribution >= 0.6 is 0 Å². The molecule has 25 heavy (non-hydrogen) atoms. The summed E-state index contributed by atoms with van der Waals surface area (Å²) in [4.78, 5) is 4.36. The van der Waals surface area contributed by atoms with Crippen molar-refractivity contribution in [3.8, 4) is 0 Å². The van der Waals surface area contributed by atoms with E-state index in [1.54, 1.807) is 6.33 Å². The molecule has 1 N–H and O–H groups in total. The van der Waals surface area contributed by atoms with E-state index in [4.69, 9.17) is 0 Å². The molecule has 1 heterocycles. The minimum atomic E-state index is 0.277. The first-order valence-electron chi connectivity index (χ1n) is 9.02. The third-order valence-corrected chi connectivity index (χ3v) is 5.26. The van der Waals surface area contributed by atoms with Crippen LogP contribution in [0, 0.1) is 0 Å². The summed E-state index contributed by atoms with van der Waals surface area (Å²) in [7, 11) is 1.94. The van der Waals surface area contributed by atoms with Crippen LogP contribution in [0.4, 0.5) is 0 Å². The SMILES string of the molecule is Cn1ncnc1CN[C@@H](c1ccccc1)[C@H]1CCCc2ccccc21. The molecule has 128 valence electrons. The molecule has 4 heteroatoms. The number of hydrogen-bond acceptors (Lipinski definition) is 3. The fourth-order valence-corrected chi connectivity index (χ4v) is 3.97. The number of nitrogens with one attached hydrogen (secondary N) is 1. The Morgan fingerprint density at radius 3 is 2.72 bits per heavy atom. The lowest BCUT2D eigenvalue weighted by atomic mass is 9.76. The Bertz CT molecular complexity index is 825. The van der Waals surface area contributed by atoms with Gasteiger partial charge >= 0.3 is 0 Å². The second-order valence-electron chi connectivity index (χ2n) is 6.77. The molecule has 0 fully saturated rings. The number of fused-ring (bicyclic) bond motifs is 1. The Balaban J connectivity index is 1.65. The van der Waals surface area contributed by atoms with E-state index in [9.17, 15) is 0 Å². The molecule has 0 saturated heterocycles. The molecule has 0 bridgehead atoms. The summed E-state index contributed by atoms with van der Waals surface area (Å²) in [5.41, 5.74) is 4.33. The van der Waals surface area contributed by atoms with Crippen LogP contribution in [0.3, 0.4) is 0 Å². The molecule has 4 rings (SSSR count). The first-order valence-corrected chi connectivity index (χ1v) is 9.02. The van der Waals surface area contributed by atoms with Crippen molar-refractivity contribution in [2.45, 2.75) is 37.8 Å². The molecule has 4 nitrogen and oxygen atoms in total. The molecular weight excluding hydrogens is 308 g/mol. The predicted molar refractivity (Wildman–Crippen MR) is 99.1 cm³/mol. The lowest BCUT2D eigenvalue weighted by Gasteiger charge is -2.33. The molecule has 1 aliphatic rings. The van der Waals surface area contributed by atoms with Gasteiger partial charge in [-0.05, 0) is 36.0 Å². The Hall–Kier alpha value is -2.46. The van der Waals surface area contributed by atoms with Gasteiger partial charge in [-0.1, -0.05) is 54.6 Å². The second-order valence-corrected chi connectivity index (χ2v) is 6.77. The molecular formula is C21H24N4. The highest BCUT2D eigenvalue weighted by molar-refractivity contribution is 5.36. The van der Waals surface area contributed by atoms with Gasteiger partial charge in [0.1, 0.15) is 12.2 Å². The van der Waals surface area contributed by atoms with E-state index in [1.807, 2.05) is 11.7 Å². The summed E-state index contributed by atoms with van der Waals surface area (Å²) in [6, 6.07) is 20.0. The molecule has 1 aliphatic carbocycles. The van der Waals surface area contributed by atoms with Gasteiger partial charge in [0.25, 0.3) is 0 Å². The maximum atomic E-state index is 4.36. The van der Waals surface area contributed by atoms with Crippen molar-refractivity contribution in [2.75, 3.05) is 0 Å². The molecule has 3 aromatic rings. The van der Waals surface area contributed by atoms with Gasteiger partial charge in [-0.3, -0.25) is 4.68 Å². The number of rotatable bonds is 5. The van der Waals surface area contributed by atoms with E-state index in [-0.39, 0.29) is 6.04 Å². The molecule has 0 unspecified atom stereocenters. The van der Waals surface area contributed by atoms with E-state index in [2.05, 4.69) is 70.0 Å². The van der Waals surface area contributed by atoms with Gasteiger partial charge in [-0.15, -0.1) is 0 Å². The van der Waals surface area contributed by atoms with Crippen LogP contribution in [0.2, 0.25) is 0 Å². The molecule has 0 amide bonds. The van der Waals surface area contributed by atoms with Gasteiger partial charge in [0, 0.05) is 19.0 Å². The van der Waals surface area contributed by atoms with Gasteiger partial charge in [0.2, 0.25) is 0 Å². The highest BCUT2D eigenvalue weighted by Crippen LogP contribution is 2.40. The third-order valence-electron chi connectivity index (χ3n) is 5.26. The van der Waals surface area contributed by atoms with Crippen molar-refractivity contribution in [3.63, 3.8) is 0 Å². The zero-order valence-corrected chi connectivity index (χ0v) is 14.6. The fraction of sp³-hybridized carbons (Fsp3) is 0.333. The molecule has 1 aromatic heterocycles. The molecule has 0 saturated carbocycles. The Labute approximate surface area is 148 Å². The van der Waals surface area contributed by atoms with Crippen LogP contribution in [0.1, 0.15) is 47.3 Å². The Morgan fingerprint density at radius 2 is 1.92 bits per heavy atom. The average Bonchev–Trinajstić information content (AvgIpc) is 3.08. The van der Waals surface area contributed by atoms with Crippen molar-refractivity contribution in [2.24, 2.45) is 7.05 Å². The highest BCUT2D eigenvalue weighted by atomic mass is 15.3. The molecule has 2 atom stereocenters. The van der Waals surface area contributed by atoms with E-state index in [1.165, 1.54) is 36.0 Å². The van der Waals surface area contributed by atoms with Crippen molar-refractivity contribution in [1.29, 1.82) is 0 Å². The van der Waals surface area contributed by atoms with Gasteiger partial charge < -0.3 is 5.32 Å². The normalized spacial score (nSPS) is 17.9. The maximum Gasteiger partial charge on any atom is 0.140 e. The lowest BCUT2D eigenvalue weighted by Crippen LogP contribution is -2.30. The summed E-state index contributed by atoms with van der Waals surface area (Å²) in [5, 5.41) is 7.95. The van der Waals surface area contributed by atoms with E-state index in [0.29, 0.717) is 12.5 Å².